The van der Waals surface area contributed by atoms with Gasteiger partial charge in [-0.15, -0.1) is 0 Å². The summed E-state index contributed by atoms with van der Waals surface area (Å²) in [5, 5.41) is 2.42. The molecule has 0 bridgehead atoms. The molecular formula is C13H8BrClF2N2O. The Morgan fingerprint density at radius 1 is 1.20 bits per heavy atom. The van der Waals surface area contributed by atoms with Crippen LogP contribution in [0.25, 0.3) is 0 Å². The molecule has 0 atom stereocenters. The molecule has 0 spiro atoms. The molecule has 0 aliphatic heterocycles. The molecule has 2 aromatic rings. The van der Waals surface area contributed by atoms with Gasteiger partial charge in [0.2, 0.25) is 0 Å². The normalized spacial score (nSPS) is 10.4. The van der Waals surface area contributed by atoms with Crippen molar-refractivity contribution >= 4 is 44.8 Å². The molecule has 0 fully saturated rings. The Kier molecular flexibility index (Phi) is 4.25. The second-order valence-corrected chi connectivity index (χ2v) is 5.20. The largest absolute Gasteiger partial charge is 0.396 e. The summed E-state index contributed by atoms with van der Waals surface area (Å²) >= 11 is 8.61. The summed E-state index contributed by atoms with van der Waals surface area (Å²) in [6.45, 7) is 0. The third kappa shape index (κ3) is 3.08. The van der Waals surface area contributed by atoms with E-state index in [2.05, 4.69) is 21.2 Å². The van der Waals surface area contributed by atoms with Crippen LogP contribution in [0.15, 0.2) is 34.8 Å². The zero-order valence-corrected chi connectivity index (χ0v) is 12.2. The first kappa shape index (κ1) is 14.7. The highest BCUT2D eigenvalue weighted by Crippen LogP contribution is 2.24. The summed E-state index contributed by atoms with van der Waals surface area (Å²) in [5.41, 5.74) is 5.63. The van der Waals surface area contributed by atoms with Crippen LogP contribution in [-0.2, 0) is 0 Å². The first-order chi connectivity index (χ1) is 9.38. The summed E-state index contributed by atoms with van der Waals surface area (Å²) in [7, 11) is 0. The Labute approximate surface area is 126 Å². The Morgan fingerprint density at radius 2 is 1.90 bits per heavy atom. The number of carbonyl (C=O) groups excluding carboxylic acids is 1. The van der Waals surface area contributed by atoms with Gasteiger partial charge in [-0.25, -0.2) is 8.78 Å². The number of anilines is 2. The molecule has 2 aromatic carbocycles. The van der Waals surface area contributed by atoms with Gasteiger partial charge in [-0.3, -0.25) is 4.79 Å². The van der Waals surface area contributed by atoms with E-state index < -0.39 is 17.5 Å². The molecule has 0 aromatic heterocycles. The maximum absolute atomic E-state index is 13.3. The topological polar surface area (TPSA) is 55.1 Å². The monoisotopic (exact) mass is 360 g/mol. The van der Waals surface area contributed by atoms with Gasteiger partial charge in [0.15, 0.2) is 0 Å². The van der Waals surface area contributed by atoms with Crippen LogP contribution in [0.4, 0.5) is 20.2 Å². The molecule has 2 rings (SSSR count). The molecule has 0 aliphatic carbocycles. The van der Waals surface area contributed by atoms with Crippen molar-refractivity contribution in [1.29, 1.82) is 0 Å². The number of benzene rings is 2. The summed E-state index contributed by atoms with van der Waals surface area (Å²) in [4.78, 5) is 12.0. The number of nitrogen functional groups attached to an aromatic ring is 1. The van der Waals surface area contributed by atoms with E-state index >= 15 is 0 Å². The lowest BCUT2D eigenvalue weighted by Gasteiger charge is -2.09. The maximum Gasteiger partial charge on any atom is 0.256 e. The van der Waals surface area contributed by atoms with E-state index in [9.17, 15) is 13.6 Å². The van der Waals surface area contributed by atoms with Crippen LogP contribution in [-0.4, -0.2) is 5.91 Å². The van der Waals surface area contributed by atoms with Gasteiger partial charge in [-0.05, 0) is 46.3 Å². The third-order valence-electron chi connectivity index (χ3n) is 2.51. The molecule has 7 heteroatoms. The average Bonchev–Trinajstić information content (AvgIpc) is 2.38. The predicted molar refractivity (Wildman–Crippen MR) is 77.9 cm³/mol. The fourth-order valence-electron chi connectivity index (χ4n) is 1.51. The van der Waals surface area contributed by atoms with E-state index in [0.29, 0.717) is 0 Å². The minimum absolute atomic E-state index is 0.0461. The van der Waals surface area contributed by atoms with Crippen molar-refractivity contribution in [3.05, 3.63) is 57.0 Å². The molecule has 3 nitrogen and oxygen atoms in total. The highest BCUT2D eigenvalue weighted by atomic mass is 79.9. The summed E-state index contributed by atoms with van der Waals surface area (Å²) in [5.74, 6) is -1.83. The lowest BCUT2D eigenvalue weighted by molar-refractivity contribution is 0.102. The van der Waals surface area contributed by atoms with Crippen molar-refractivity contribution in [2.45, 2.75) is 0 Å². The van der Waals surface area contributed by atoms with Crippen molar-refractivity contribution in [3.63, 3.8) is 0 Å². The van der Waals surface area contributed by atoms with E-state index in [1.807, 2.05) is 0 Å². The first-order valence-corrected chi connectivity index (χ1v) is 6.56. The van der Waals surface area contributed by atoms with E-state index in [1.165, 1.54) is 18.2 Å². The number of amides is 1. The van der Waals surface area contributed by atoms with Crippen molar-refractivity contribution in [3.8, 4) is 0 Å². The quantitative estimate of drug-likeness (QED) is 0.787. The molecule has 104 valence electrons. The smallest absolute Gasteiger partial charge is 0.256 e. The van der Waals surface area contributed by atoms with E-state index in [1.54, 1.807) is 0 Å². The zero-order valence-electron chi connectivity index (χ0n) is 9.88. The van der Waals surface area contributed by atoms with Crippen LogP contribution in [0.3, 0.4) is 0 Å². The van der Waals surface area contributed by atoms with Crippen LogP contribution in [0.1, 0.15) is 10.4 Å². The number of hydrogen-bond acceptors (Lipinski definition) is 2. The minimum Gasteiger partial charge on any atom is -0.396 e. The fraction of sp³-hybridized carbons (Fsp3) is 0. The van der Waals surface area contributed by atoms with E-state index in [4.69, 9.17) is 17.3 Å². The van der Waals surface area contributed by atoms with Crippen LogP contribution >= 0.6 is 27.5 Å². The molecule has 0 saturated carbocycles. The van der Waals surface area contributed by atoms with Crippen LogP contribution in [0.2, 0.25) is 5.02 Å². The van der Waals surface area contributed by atoms with Gasteiger partial charge in [-0.1, -0.05) is 11.6 Å². The Balaban J connectivity index is 2.28. The highest BCUT2D eigenvalue weighted by Gasteiger charge is 2.14. The molecule has 0 saturated heterocycles. The second-order valence-electron chi connectivity index (χ2n) is 3.94. The van der Waals surface area contributed by atoms with Crippen molar-refractivity contribution < 1.29 is 13.6 Å². The number of halogens is 4. The van der Waals surface area contributed by atoms with Gasteiger partial charge in [0.05, 0.1) is 16.3 Å². The SMILES string of the molecule is Nc1cc(C(=O)Nc2ccc(Cl)c(F)c2)c(Br)cc1F. The molecule has 1 amide bonds. The molecule has 0 heterocycles. The molecule has 20 heavy (non-hydrogen) atoms. The third-order valence-corrected chi connectivity index (χ3v) is 3.47. The van der Waals surface area contributed by atoms with Gasteiger partial charge in [0.25, 0.3) is 5.91 Å². The summed E-state index contributed by atoms with van der Waals surface area (Å²) in [6.07, 6.45) is 0. The molecular weight excluding hydrogens is 354 g/mol. The van der Waals surface area contributed by atoms with Gasteiger partial charge in [0, 0.05) is 10.2 Å². The highest BCUT2D eigenvalue weighted by molar-refractivity contribution is 9.10. The number of carbonyl (C=O) groups is 1. The molecule has 3 N–H and O–H groups in total. The van der Waals surface area contributed by atoms with E-state index in [0.717, 1.165) is 12.1 Å². The first-order valence-electron chi connectivity index (χ1n) is 5.39. The second kappa shape index (κ2) is 5.76. The maximum atomic E-state index is 13.3. The lowest BCUT2D eigenvalue weighted by Crippen LogP contribution is -2.13. The number of nitrogens with two attached hydrogens (primary N) is 1. The van der Waals surface area contributed by atoms with E-state index in [-0.39, 0.29) is 26.4 Å². The summed E-state index contributed by atoms with van der Waals surface area (Å²) < 4.78 is 26.7. The number of hydrogen-bond donors (Lipinski definition) is 2. The Bertz CT molecular complexity index is 694. The van der Waals surface area contributed by atoms with Gasteiger partial charge < -0.3 is 11.1 Å². The fourth-order valence-corrected chi connectivity index (χ4v) is 2.13. The molecule has 0 aliphatic rings. The predicted octanol–water partition coefficient (Wildman–Crippen LogP) is 4.22. The Morgan fingerprint density at radius 3 is 2.55 bits per heavy atom. The number of nitrogens with one attached hydrogen (secondary N) is 1. The average molecular weight is 362 g/mol. The van der Waals surface area contributed by atoms with Crippen LogP contribution < -0.4 is 11.1 Å². The van der Waals surface area contributed by atoms with Crippen LogP contribution in [0, 0.1) is 11.6 Å². The van der Waals surface area contributed by atoms with Gasteiger partial charge in [0.1, 0.15) is 11.6 Å². The van der Waals surface area contributed by atoms with Crippen LogP contribution in [0.5, 0.6) is 0 Å². The summed E-state index contributed by atoms with van der Waals surface area (Å²) in [6, 6.07) is 6.14. The number of rotatable bonds is 2. The lowest BCUT2D eigenvalue weighted by atomic mass is 10.1. The molecule has 0 radical (unpaired) electrons. The van der Waals surface area contributed by atoms with Crippen molar-refractivity contribution in [2.75, 3.05) is 11.1 Å². The Hall–Kier alpha value is -1.66. The van der Waals surface area contributed by atoms with Crippen molar-refractivity contribution in [2.24, 2.45) is 0 Å². The standard InChI is InChI=1S/C13H8BrClF2N2O/c14-8-5-11(17)12(18)4-7(8)13(20)19-6-1-2-9(15)10(16)3-6/h1-5H,18H2,(H,19,20). The van der Waals surface area contributed by atoms with Gasteiger partial charge in [-0.2, -0.15) is 0 Å². The van der Waals surface area contributed by atoms with Crippen molar-refractivity contribution in [1.82, 2.24) is 0 Å². The minimum atomic E-state index is -0.651. The molecule has 0 unspecified atom stereocenters. The zero-order chi connectivity index (χ0) is 14.9. The van der Waals surface area contributed by atoms with Gasteiger partial charge >= 0.3 is 0 Å².